The fraction of sp³-hybridized carbons (Fsp3) is 0.0769. The van der Waals surface area contributed by atoms with Crippen molar-refractivity contribution in [1.29, 1.82) is 0 Å². The monoisotopic (exact) mass is 230 g/mol. The highest BCUT2D eigenvalue weighted by Gasteiger charge is 1.97. The molecule has 0 amide bonds. The molecule has 0 aliphatic heterocycles. The number of nitrogen functional groups attached to an aromatic ring is 1. The van der Waals surface area contributed by atoms with Crippen molar-refractivity contribution in [2.24, 2.45) is 5.84 Å². The van der Waals surface area contributed by atoms with Gasteiger partial charge in [0, 0.05) is 15.5 Å². The minimum atomic E-state index is 0.924. The van der Waals surface area contributed by atoms with Gasteiger partial charge in [0.1, 0.15) is 0 Å². The minimum Gasteiger partial charge on any atom is -0.324 e. The third-order valence-electron chi connectivity index (χ3n) is 2.28. The SMILES string of the molecule is Cc1ccc(Sc2ccc(NN)cc2)cc1. The van der Waals surface area contributed by atoms with Crippen LogP contribution in [0.25, 0.3) is 0 Å². The Morgan fingerprint density at radius 2 is 1.38 bits per heavy atom. The fourth-order valence-corrected chi connectivity index (χ4v) is 2.18. The Bertz CT molecular complexity index is 448. The van der Waals surface area contributed by atoms with Crippen molar-refractivity contribution in [1.82, 2.24) is 0 Å². The minimum absolute atomic E-state index is 0.924. The average molecular weight is 230 g/mol. The van der Waals surface area contributed by atoms with Crippen molar-refractivity contribution in [2.75, 3.05) is 5.43 Å². The molecule has 0 atom stereocenters. The highest BCUT2D eigenvalue weighted by atomic mass is 32.2. The van der Waals surface area contributed by atoms with Gasteiger partial charge >= 0.3 is 0 Å². The van der Waals surface area contributed by atoms with Gasteiger partial charge in [-0.2, -0.15) is 0 Å². The smallest absolute Gasteiger partial charge is 0.0485 e. The van der Waals surface area contributed by atoms with Crippen LogP contribution >= 0.6 is 11.8 Å². The van der Waals surface area contributed by atoms with Crippen LogP contribution in [-0.4, -0.2) is 0 Å². The lowest BCUT2D eigenvalue weighted by Gasteiger charge is -2.03. The third kappa shape index (κ3) is 2.78. The second-order valence-corrected chi connectivity index (χ2v) is 4.73. The Morgan fingerprint density at radius 1 is 0.875 bits per heavy atom. The Hall–Kier alpha value is -1.45. The van der Waals surface area contributed by atoms with Crippen molar-refractivity contribution in [3.05, 3.63) is 54.1 Å². The van der Waals surface area contributed by atoms with Crippen LogP contribution in [0, 0.1) is 6.92 Å². The molecule has 2 nitrogen and oxygen atoms in total. The number of rotatable bonds is 3. The first-order valence-electron chi connectivity index (χ1n) is 5.09. The van der Waals surface area contributed by atoms with Gasteiger partial charge in [0.05, 0.1) is 0 Å². The second-order valence-electron chi connectivity index (χ2n) is 3.58. The summed E-state index contributed by atoms with van der Waals surface area (Å²) >= 11 is 1.75. The quantitative estimate of drug-likeness (QED) is 0.626. The van der Waals surface area contributed by atoms with E-state index in [0.717, 1.165) is 5.69 Å². The summed E-state index contributed by atoms with van der Waals surface area (Å²) in [4.78, 5) is 2.46. The van der Waals surface area contributed by atoms with E-state index in [1.807, 2.05) is 12.1 Å². The molecule has 2 aromatic carbocycles. The van der Waals surface area contributed by atoms with E-state index < -0.39 is 0 Å². The maximum atomic E-state index is 5.31. The largest absolute Gasteiger partial charge is 0.324 e. The Kier molecular flexibility index (Phi) is 3.49. The average Bonchev–Trinajstić information content (AvgIpc) is 2.33. The number of hydrogen-bond donors (Lipinski definition) is 2. The van der Waals surface area contributed by atoms with Crippen molar-refractivity contribution in [3.8, 4) is 0 Å². The van der Waals surface area contributed by atoms with Crippen LogP contribution in [0.1, 0.15) is 5.56 Å². The van der Waals surface area contributed by atoms with Gasteiger partial charge in [-0.25, -0.2) is 0 Å². The number of benzene rings is 2. The van der Waals surface area contributed by atoms with Crippen LogP contribution in [0.5, 0.6) is 0 Å². The van der Waals surface area contributed by atoms with E-state index in [1.165, 1.54) is 15.4 Å². The summed E-state index contributed by atoms with van der Waals surface area (Å²) in [6.07, 6.45) is 0. The fourth-order valence-electron chi connectivity index (χ4n) is 1.36. The Labute approximate surface area is 99.8 Å². The lowest BCUT2D eigenvalue weighted by atomic mass is 10.2. The molecule has 0 saturated heterocycles. The summed E-state index contributed by atoms with van der Waals surface area (Å²) in [5, 5.41) is 0. The molecule has 0 saturated carbocycles. The van der Waals surface area contributed by atoms with Gasteiger partial charge in [-0.3, -0.25) is 5.84 Å². The van der Waals surface area contributed by atoms with E-state index in [9.17, 15) is 0 Å². The molecule has 0 aliphatic carbocycles. The molecule has 0 radical (unpaired) electrons. The van der Waals surface area contributed by atoms with E-state index in [0.29, 0.717) is 0 Å². The predicted octanol–water partition coefficient (Wildman–Crippen LogP) is 3.43. The molecule has 2 rings (SSSR count). The van der Waals surface area contributed by atoms with Crippen LogP contribution in [0.3, 0.4) is 0 Å². The molecule has 0 aromatic heterocycles. The number of nitrogens with two attached hydrogens (primary N) is 1. The normalized spacial score (nSPS) is 10.1. The second kappa shape index (κ2) is 5.05. The van der Waals surface area contributed by atoms with Crippen LogP contribution in [0.15, 0.2) is 58.3 Å². The highest BCUT2D eigenvalue weighted by Crippen LogP contribution is 2.28. The topological polar surface area (TPSA) is 38.0 Å². The summed E-state index contributed by atoms with van der Waals surface area (Å²) in [7, 11) is 0. The first-order chi connectivity index (χ1) is 7.78. The predicted molar refractivity (Wildman–Crippen MR) is 69.6 cm³/mol. The van der Waals surface area contributed by atoms with Crippen molar-refractivity contribution < 1.29 is 0 Å². The molecular weight excluding hydrogens is 216 g/mol. The molecule has 16 heavy (non-hydrogen) atoms. The number of anilines is 1. The Morgan fingerprint density at radius 3 is 1.88 bits per heavy atom. The van der Waals surface area contributed by atoms with Crippen molar-refractivity contribution >= 4 is 17.4 Å². The lowest BCUT2D eigenvalue weighted by molar-refractivity contribution is 1.32. The zero-order chi connectivity index (χ0) is 11.4. The van der Waals surface area contributed by atoms with Gasteiger partial charge < -0.3 is 5.43 Å². The maximum Gasteiger partial charge on any atom is 0.0485 e. The van der Waals surface area contributed by atoms with Crippen LogP contribution in [0.2, 0.25) is 0 Å². The van der Waals surface area contributed by atoms with E-state index >= 15 is 0 Å². The first kappa shape index (κ1) is 11.0. The lowest BCUT2D eigenvalue weighted by Crippen LogP contribution is -2.05. The summed E-state index contributed by atoms with van der Waals surface area (Å²) in [6, 6.07) is 16.6. The van der Waals surface area contributed by atoms with E-state index in [-0.39, 0.29) is 0 Å². The molecule has 0 unspecified atom stereocenters. The molecule has 3 heteroatoms. The maximum absolute atomic E-state index is 5.31. The van der Waals surface area contributed by atoms with E-state index in [2.05, 4.69) is 48.7 Å². The molecule has 0 heterocycles. The molecule has 2 aromatic rings. The van der Waals surface area contributed by atoms with Crippen LogP contribution in [-0.2, 0) is 0 Å². The molecule has 0 fully saturated rings. The number of nitrogens with one attached hydrogen (secondary N) is 1. The molecular formula is C13H14N2S. The van der Waals surface area contributed by atoms with Gasteiger partial charge in [0.15, 0.2) is 0 Å². The van der Waals surface area contributed by atoms with Crippen LogP contribution in [0.4, 0.5) is 5.69 Å². The molecule has 0 aliphatic rings. The highest BCUT2D eigenvalue weighted by molar-refractivity contribution is 7.99. The molecule has 0 bridgehead atoms. The third-order valence-corrected chi connectivity index (χ3v) is 3.29. The zero-order valence-electron chi connectivity index (χ0n) is 9.10. The molecule has 3 N–H and O–H groups in total. The van der Waals surface area contributed by atoms with Crippen LogP contribution < -0.4 is 11.3 Å². The van der Waals surface area contributed by atoms with Gasteiger partial charge in [-0.05, 0) is 43.3 Å². The number of hydrazine groups is 1. The summed E-state index contributed by atoms with van der Waals surface area (Å²) in [5.41, 5.74) is 4.82. The molecule has 82 valence electrons. The first-order valence-corrected chi connectivity index (χ1v) is 5.91. The number of aryl methyl sites for hydroxylation is 1. The zero-order valence-corrected chi connectivity index (χ0v) is 9.92. The standard InChI is InChI=1S/C13H14N2S/c1-10-2-6-12(7-3-10)16-13-8-4-11(15-14)5-9-13/h2-9,15H,14H2,1H3. The van der Waals surface area contributed by atoms with Crippen molar-refractivity contribution in [3.63, 3.8) is 0 Å². The summed E-state index contributed by atoms with van der Waals surface area (Å²) in [6.45, 7) is 2.09. The summed E-state index contributed by atoms with van der Waals surface area (Å²) < 4.78 is 0. The van der Waals surface area contributed by atoms with E-state index in [1.54, 1.807) is 11.8 Å². The van der Waals surface area contributed by atoms with Gasteiger partial charge in [0.2, 0.25) is 0 Å². The van der Waals surface area contributed by atoms with Gasteiger partial charge in [-0.15, -0.1) is 0 Å². The summed E-state index contributed by atoms with van der Waals surface area (Å²) in [5.74, 6) is 5.31. The van der Waals surface area contributed by atoms with Gasteiger partial charge in [0.25, 0.3) is 0 Å². The van der Waals surface area contributed by atoms with Crippen molar-refractivity contribution in [2.45, 2.75) is 16.7 Å². The van der Waals surface area contributed by atoms with Gasteiger partial charge in [-0.1, -0.05) is 29.5 Å². The number of hydrogen-bond acceptors (Lipinski definition) is 3. The molecule has 0 spiro atoms. The Balaban J connectivity index is 2.11. The van der Waals surface area contributed by atoms with E-state index in [4.69, 9.17) is 5.84 Å².